The molecule has 0 radical (unpaired) electrons. The van der Waals surface area contributed by atoms with Crippen molar-refractivity contribution in [2.45, 2.75) is 20.3 Å². The molecular formula is C22H22ClN3O2. The van der Waals surface area contributed by atoms with Gasteiger partial charge in [-0.25, -0.2) is 0 Å². The third kappa shape index (κ3) is 4.49. The number of hydrogen-bond donors (Lipinski definition) is 2. The Hall–Kier alpha value is -2.92. The first-order valence-electron chi connectivity index (χ1n) is 9.06. The van der Waals surface area contributed by atoms with E-state index in [0.29, 0.717) is 29.2 Å². The number of aromatic nitrogens is 1. The van der Waals surface area contributed by atoms with Crippen molar-refractivity contribution in [2.24, 2.45) is 5.41 Å². The van der Waals surface area contributed by atoms with Crippen molar-refractivity contribution in [1.29, 1.82) is 0 Å². The summed E-state index contributed by atoms with van der Waals surface area (Å²) in [5.41, 5.74) is 1.07. The van der Waals surface area contributed by atoms with Gasteiger partial charge in [0.1, 0.15) is 5.41 Å². The predicted octanol–water partition coefficient (Wildman–Crippen LogP) is 4.21. The second kappa shape index (κ2) is 8.40. The lowest BCUT2D eigenvalue weighted by Gasteiger charge is -2.23. The molecule has 0 spiro atoms. The maximum Gasteiger partial charge on any atom is 0.239 e. The fourth-order valence-electron chi connectivity index (χ4n) is 2.82. The fourth-order valence-corrected chi connectivity index (χ4v) is 3.03. The molecule has 0 atom stereocenters. The molecule has 0 bridgehead atoms. The van der Waals surface area contributed by atoms with Crippen molar-refractivity contribution in [3.63, 3.8) is 0 Å². The Labute approximate surface area is 169 Å². The minimum absolute atomic E-state index is 0.333. The van der Waals surface area contributed by atoms with Gasteiger partial charge in [-0.2, -0.15) is 0 Å². The van der Waals surface area contributed by atoms with Crippen LogP contribution in [0.2, 0.25) is 5.02 Å². The van der Waals surface area contributed by atoms with Crippen LogP contribution in [-0.2, 0) is 16.0 Å². The number of nitrogens with zero attached hydrogens (tertiary/aromatic N) is 1. The summed E-state index contributed by atoms with van der Waals surface area (Å²) in [6.45, 7) is 3.64. The van der Waals surface area contributed by atoms with Crippen LogP contribution in [0.1, 0.15) is 19.4 Å². The number of anilines is 1. The highest BCUT2D eigenvalue weighted by Gasteiger charge is 2.36. The molecule has 2 amide bonds. The molecule has 0 unspecified atom stereocenters. The molecule has 0 aliphatic carbocycles. The minimum atomic E-state index is -1.23. The molecule has 2 N–H and O–H groups in total. The third-order valence-corrected chi connectivity index (χ3v) is 4.84. The average molecular weight is 396 g/mol. The molecule has 1 aromatic heterocycles. The number of halogens is 1. The Morgan fingerprint density at radius 3 is 2.57 bits per heavy atom. The van der Waals surface area contributed by atoms with Crippen LogP contribution in [-0.4, -0.2) is 23.3 Å². The van der Waals surface area contributed by atoms with Gasteiger partial charge in [0, 0.05) is 23.2 Å². The monoisotopic (exact) mass is 395 g/mol. The highest BCUT2D eigenvalue weighted by molar-refractivity contribution is 6.30. The lowest BCUT2D eigenvalue weighted by Crippen LogP contribution is -2.45. The zero-order valence-corrected chi connectivity index (χ0v) is 16.6. The Balaban J connectivity index is 1.63. The number of carbonyl (C=O) groups is 2. The van der Waals surface area contributed by atoms with Gasteiger partial charge in [-0.05, 0) is 50.1 Å². The zero-order valence-electron chi connectivity index (χ0n) is 15.8. The van der Waals surface area contributed by atoms with Crippen LogP contribution in [0, 0.1) is 5.41 Å². The van der Waals surface area contributed by atoms with Crippen LogP contribution in [0.15, 0.2) is 60.8 Å². The Morgan fingerprint density at radius 1 is 1.04 bits per heavy atom. The standard InChI is InChI=1S/C22H22ClN3O2/c1-22(2,20(27)25-13-11-15-6-3-9-17(23)14-15)21(28)26-18-10-4-7-16-8-5-12-24-19(16)18/h3-10,12,14H,11,13H2,1-2H3,(H,25,27)(H,26,28). The number of para-hydroxylation sites is 1. The SMILES string of the molecule is CC(C)(C(=O)NCCc1cccc(Cl)c1)C(=O)Nc1cccc2cccnc12. The lowest BCUT2D eigenvalue weighted by atomic mass is 9.90. The highest BCUT2D eigenvalue weighted by atomic mass is 35.5. The third-order valence-electron chi connectivity index (χ3n) is 4.60. The van der Waals surface area contributed by atoms with Crippen molar-refractivity contribution in [3.05, 3.63) is 71.4 Å². The minimum Gasteiger partial charge on any atom is -0.355 e. The lowest BCUT2D eigenvalue weighted by molar-refractivity contribution is -0.138. The predicted molar refractivity (Wildman–Crippen MR) is 112 cm³/mol. The largest absolute Gasteiger partial charge is 0.355 e. The average Bonchev–Trinajstić information content (AvgIpc) is 2.68. The van der Waals surface area contributed by atoms with Gasteiger partial charge in [-0.3, -0.25) is 14.6 Å². The first-order valence-corrected chi connectivity index (χ1v) is 9.43. The summed E-state index contributed by atoms with van der Waals surface area (Å²) in [6, 6.07) is 16.8. The summed E-state index contributed by atoms with van der Waals surface area (Å²) < 4.78 is 0. The van der Waals surface area contributed by atoms with E-state index in [1.165, 1.54) is 0 Å². The molecule has 28 heavy (non-hydrogen) atoms. The summed E-state index contributed by atoms with van der Waals surface area (Å²) in [4.78, 5) is 29.7. The molecule has 0 aliphatic rings. The summed E-state index contributed by atoms with van der Waals surface area (Å²) in [7, 11) is 0. The van der Waals surface area contributed by atoms with Crippen molar-refractivity contribution in [1.82, 2.24) is 10.3 Å². The van der Waals surface area contributed by atoms with E-state index in [-0.39, 0.29) is 11.8 Å². The topological polar surface area (TPSA) is 71.1 Å². The van der Waals surface area contributed by atoms with Crippen LogP contribution >= 0.6 is 11.6 Å². The molecule has 2 aromatic carbocycles. The molecule has 0 saturated carbocycles. The number of hydrogen-bond acceptors (Lipinski definition) is 3. The molecule has 0 saturated heterocycles. The van der Waals surface area contributed by atoms with Crippen LogP contribution in [0.4, 0.5) is 5.69 Å². The number of amides is 2. The number of nitrogens with one attached hydrogen (secondary N) is 2. The molecule has 3 rings (SSSR count). The van der Waals surface area contributed by atoms with Crippen molar-refractivity contribution < 1.29 is 9.59 Å². The summed E-state index contributed by atoms with van der Waals surface area (Å²) in [5, 5.41) is 7.26. The van der Waals surface area contributed by atoms with Gasteiger partial charge < -0.3 is 10.6 Å². The number of carbonyl (C=O) groups excluding carboxylic acids is 2. The van der Waals surface area contributed by atoms with Gasteiger partial charge in [-0.15, -0.1) is 0 Å². The fraction of sp³-hybridized carbons (Fsp3) is 0.227. The molecule has 5 nitrogen and oxygen atoms in total. The van der Waals surface area contributed by atoms with Crippen LogP contribution in [0.25, 0.3) is 10.9 Å². The first kappa shape index (κ1) is 19.8. The van der Waals surface area contributed by atoms with E-state index in [4.69, 9.17) is 11.6 Å². The van der Waals surface area contributed by atoms with Gasteiger partial charge in [0.25, 0.3) is 0 Å². The van der Waals surface area contributed by atoms with E-state index in [0.717, 1.165) is 10.9 Å². The van der Waals surface area contributed by atoms with Crippen LogP contribution in [0.3, 0.4) is 0 Å². The summed E-state index contributed by atoms with van der Waals surface area (Å²) in [6.07, 6.45) is 2.31. The summed E-state index contributed by atoms with van der Waals surface area (Å²) >= 11 is 5.97. The molecular weight excluding hydrogens is 374 g/mol. The second-order valence-corrected chi connectivity index (χ2v) is 7.53. The molecule has 1 heterocycles. The Kier molecular flexibility index (Phi) is 5.95. The maximum absolute atomic E-state index is 12.8. The number of fused-ring (bicyclic) bond motifs is 1. The molecule has 0 fully saturated rings. The summed E-state index contributed by atoms with van der Waals surface area (Å²) in [5.74, 6) is -0.717. The van der Waals surface area contributed by atoms with Crippen molar-refractivity contribution in [2.75, 3.05) is 11.9 Å². The normalized spacial score (nSPS) is 11.2. The van der Waals surface area contributed by atoms with Gasteiger partial charge in [0.05, 0.1) is 11.2 Å². The van der Waals surface area contributed by atoms with Gasteiger partial charge in [0.2, 0.25) is 11.8 Å². The molecule has 144 valence electrons. The van der Waals surface area contributed by atoms with Crippen LogP contribution in [0.5, 0.6) is 0 Å². The quantitative estimate of drug-likeness (QED) is 0.614. The Bertz CT molecular complexity index is 1010. The Morgan fingerprint density at radius 2 is 1.79 bits per heavy atom. The smallest absolute Gasteiger partial charge is 0.239 e. The van der Waals surface area contributed by atoms with E-state index >= 15 is 0 Å². The van der Waals surface area contributed by atoms with E-state index in [2.05, 4.69) is 15.6 Å². The molecule has 3 aromatic rings. The van der Waals surface area contributed by atoms with Gasteiger partial charge in [0.15, 0.2) is 0 Å². The molecule has 0 aliphatic heterocycles. The first-order chi connectivity index (χ1) is 13.4. The van der Waals surface area contributed by atoms with Crippen molar-refractivity contribution >= 4 is 40.0 Å². The van der Waals surface area contributed by atoms with Gasteiger partial charge >= 0.3 is 0 Å². The van der Waals surface area contributed by atoms with Crippen molar-refractivity contribution in [3.8, 4) is 0 Å². The van der Waals surface area contributed by atoms with E-state index in [1.807, 2.05) is 42.5 Å². The number of pyridine rings is 1. The zero-order chi connectivity index (χ0) is 20.1. The van der Waals surface area contributed by atoms with E-state index < -0.39 is 5.41 Å². The second-order valence-electron chi connectivity index (χ2n) is 7.10. The molecule has 6 heteroatoms. The van der Waals surface area contributed by atoms with E-state index in [9.17, 15) is 9.59 Å². The van der Waals surface area contributed by atoms with Crippen LogP contribution < -0.4 is 10.6 Å². The maximum atomic E-state index is 12.8. The van der Waals surface area contributed by atoms with Gasteiger partial charge in [-0.1, -0.05) is 41.9 Å². The number of rotatable bonds is 6. The highest BCUT2D eigenvalue weighted by Crippen LogP contribution is 2.24. The number of benzene rings is 2. The van der Waals surface area contributed by atoms with E-state index in [1.54, 1.807) is 32.2 Å².